The van der Waals surface area contributed by atoms with Crippen molar-refractivity contribution >= 4 is 10.9 Å². The van der Waals surface area contributed by atoms with Crippen LogP contribution in [0, 0.1) is 5.92 Å². The van der Waals surface area contributed by atoms with Crippen LogP contribution in [0.3, 0.4) is 0 Å². The maximum absolute atomic E-state index is 10.5. The van der Waals surface area contributed by atoms with Crippen LogP contribution in [0.4, 0.5) is 0 Å². The van der Waals surface area contributed by atoms with E-state index in [1.54, 1.807) is 0 Å². The number of aliphatic hydroxyl groups is 1. The van der Waals surface area contributed by atoms with Crippen LogP contribution < -0.4 is 5.73 Å². The number of hydrogen-bond acceptors (Lipinski definition) is 3. The molecule has 0 amide bonds. The molecule has 1 fully saturated rings. The first-order valence-corrected chi connectivity index (χ1v) is 6.48. The van der Waals surface area contributed by atoms with Gasteiger partial charge in [0, 0.05) is 24.0 Å². The summed E-state index contributed by atoms with van der Waals surface area (Å²) in [6.45, 7) is 0.312. The Morgan fingerprint density at radius 2 is 2.00 bits per heavy atom. The molecule has 18 heavy (non-hydrogen) atoms. The highest BCUT2D eigenvalue weighted by molar-refractivity contribution is 5.78. The lowest BCUT2D eigenvalue weighted by Gasteiger charge is -2.26. The zero-order valence-electron chi connectivity index (χ0n) is 10.3. The predicted octanol–water partition coefficient (Wildman–Crippen LogP) is 1.88. The molecule has 94 valence electrons. The monoisotopic (exact) mass is 242 g/mol. The second-order valence-corrected chi connectivity index (χ2v) is 5.25. The van der Waals surface area contributed by atoms with Crippen molar-refractivity contribution in [3.8, 4) is 0 Å². The van der Waals surface area contributed by atoms with E-state index in [1.165, 1.54) is 0 Å². The number of hydrogen-bond donors (Lipinski definition) is 2. The van der Waals surface area contributed by atoms with E-state index in [-0.39, 0.29) is 0 Å². The van der Waals surface area contributed by atoms with Gasteiger partial charge in [-0.3, -0.25) is 4.98 Å². The fourth-order valence-corrected chi connectivity index (χ4v) is 2.52. The van der Waals surface area contributed by atoms with Gasteiger partial charge in [0.15, 0.2) is 0 Å². The molecule has 3 N–H and O–H groups in total. The minimum Gasteiger partial charge on any atom is -0.388 e. The van der Waals surface area contributed by atoms with Crippen LogP contribution >= 0.6 is 0 Å². The standard InChI is InChI=1S/C15H18N2O/c16-10-15(18,12-6-7-12)9-13-8-5-11-3-1-2-4-14(11)17-13/h1-5,8,12,18H,6-7,9-10,16H2. The number of pyridine rings is 1. The number of aromatic nitrogens is 1. The molecule has 2 aromatic rings. The summed E-state index contributed by atoms with van der Waals surface area (Å²) in [5.41, 5.74) is 6.86. The first-order valence-electron chi connectivity index (χ1n) is 6.48. The summed E-state index contributed by atoms with van der Waals surface area (Å²) in [5.74, 6) is 0.357. The summed E-state index contributed by atoms with van der Waals surface area (Å²) >= 11 is 0. The fraction of sp³-hybridized carbons (Fsp3) is 0.400. The van der Waals surface area contributed by atoms with Crippen molar-refractivity contribution in [1.82, 2.24) is 4.98 Å². The lowest BCUT2D eigenvalue weighted by Crippen LogP contribution is -2.42. The number of fused-ring (bicyclic) bond motifs is 1. The Bertz CT molecular complexity index is 565. The van der Waals surface area contributed by atoms with Crippen LogP contribution in [-0.2, 0) is 6.42 Å². The van der Waals surface area contributed by atoms with E-state index in [9.17, 15) is 5.11 Å². The van der Waals surface area contributed by atoms with Crippen molar-refractivity contribution in [2.24, 2.45) is 11.7 Å². The van der Waals surface area contributed by atoms with Gasteiger partial charge in [-0.05, 0) is 30.9 Å². The van der Waals surface area contributed by atoms with Crippen molar-refractivity contribution in [1.29, 1.82) is 0 Å². The molecule has 0 bridgehead atoms. The zero-order chi connectivity index (χ0) is 12.6. The molecular formula is C15H18N2O. The lowest BCUT2D eigenvalue weighted by atomic mass is 9.92. The highest BCUT2D eigenvalue weighted by Crippen LogP contribution is 2.40. The van der Waals surface area contributed by atoms with Crippen LogP contribution in [0.5, 0.6) is 0 Å². The van der Waals surface area contributed by atoms with Crippen LogP contribution in [0.1, 0.15) is 18.5 Å². The Labute approximate surface area is 107 Å². The molecule has 0 spiro atoms. The molecule has 0 saturated heterocycles. The minimum absolute atomic E-state index is 0.312. The van der Waals surface area contributed by atoms with Gasteiger partial charge in [-0.15, -0.1) is 0 Å². The maximum atomic E-state index is 10.5. The summed E-state index contributed by atoms with van der Waals surface area (Å²) < 4.78 is 0. The van der Waals surface area contributed by atoms with Crippen molar-refractivity contribution in [3.63, 3.8) is 0 Å². The molecule has 1 aliphatic rings. The van der Waals surface area contributed by atoms with Gasteiger partial charge in [0.25, 0.3) is 0 Å². The van der Waals surface area contributed by atoms with E-state index in [2.05, 4.69) is 11.1 Å². The number of para-hydroxylation sites is 1. The molecule has 1 aliphatic carbocycles. The Balaban J connectivity index is 1.90. The Hall–Kier alpha value is -1.45. The van der Waals surface area contributed by atoms with Crippen molar-refractivity contribution in [3.05, 3.63) is 42.1 Å². The highest BCUT2D eigenvalue weighted by Gasteiger charge is 2.42. The first-order chi connectivity index (χ1) is 8.71. The van der Waals surface area contributed by atoms with Crippen LogP contribution in [0.25, 0.3) is 10.9 Å². The molecule has 1 atom stereocenters. The van der Waals surface area contributed by atoms with Gasteiger partial charge in [0.05, 0.1) is 11.1 Å². The topological polar surface area (TPSA) is 59.1 Å². The summed E-state index contributed by atoms with van der Waals surface area (Å²) in [5, 5.41) is 11.6. The quantitative estimate of drug-likeness (QED) is 0.860. The van der Waals surface area contributed by atoms with Gasteiger partial charge in [0.1, 0.15) is 0 Å². The van der Waals surface area contributed by atoms with E-state index in [1.807, 2.05) is 30.3 Å². The predicted molar refractivity (Wildman–Crippen MR) is 72.2 cm³/mol. The summed E-state index contributed by atoms with van der Waals surface area (Å²) in [4.78, 5) is 4.60. The van der Waals surface area contributed by atoms with Gasteiger partial charge < -0.3 is 10.8 Å². The van der Waals surface area contributed by atoms with E-state index >= 15 is 0 Å². The SMILES string of the molecule is NCC(O)(Cc1ccc2ccccc2n1)C1CC1. The van der Waals surface area contributed by atoms with Crippen LogP contribution in [0.15, 0.2) is 36.4 Å². The molecule has 3 heteroatoms. The third-order valence-corrected chi connectivity index (χ3v) is 3.83. The summed E-state index contributed by atoms with van der Waals surface area (Å²) in [6.07, 6.45) is 2.72. The zero-order valence-corrected chi connectivity index (χ0v) is 10.3. The van der Waals surface area contributed by atoms with E-state index in [0.29, 0.717) is 18.9 Å². The van der Waals surface area contributed by atoms with Gasteiger partial charge in [-0.1, -0.05) is 24.3 Å². The average molecular weight is 242 g/mol. The molecule has 1 aromatic heterocycles. The second-order valence-electron chi connectivity index (χ2n) is 5.25. The molecule has 0 radical (unpaired) electrons. The normalized spacial score (nSPS) is 18.8. The fourth-order valence-electron chi connectivity index (χ4n) is 2.52. The van der Waals surface area contributed by atoms with E-state index in [0.717, 1.165) is 29.4 Å². The van der Waals surface area contributed by atoms with Crippen LogP contribution in [0.2, 0.25) is 0 Å². The Kier molecular flexibility index (Phi) is 2.80. The number of nitrogens with two attached hydrogens (primary N) is 1. The smallest absolute Gasteiger partial charge is 0.0852 e. The third-order valence-electron chi connectivity index (χ3n) is 3.83. The van der Waals surface area contributed by atoms with Gasteiger partial charge in [-0.2, -0.15) is 0 Å². The molecule has 3 nitrogen and oxygen atoms in total. The maximum Gasteiger partial charge on any atom is 0.0852 e. The van der Waals surface area contributed by atoms with E-state index < -0.39 is 5.60 Å². The van der Waals surface area contributed by atoms with Crippen LogP contribution in [-0.4, -0.2) is 22.2 Å². The minimum atomic E-state index is -0.768. The molecular weight excluding hydrogens is 224 g/mol. The van der Waals surface area contributed by atoms with Crippen molar-refractivity contribution < 1.29 is 5.11 Å². The molecule has 1 heterocycles. The Morgan fingerprint density at radius 3 is 2.72 bits per heavy atom. The molecule has 1 aromatic carbocycles. The summed E-state index contributed by atoms with van der Waals surface area (Å²) in [7, 11) is 0. The van der Waals surface area contributed by atoms with Crippen molar-refractivity contribution in [2.75, 3.05) is 6.54 Å². The summed E-state index contributed by atoms with van der Waals surface area (Å²) in [6, 6.07) is 12.1. The largest absolute Gasteiger partial charge is 0.388 e. The van der Waals surface area contributed by atoms with Crippen molar-refractivity contribution in [2.45, 2.75) is 24.9 Å². The molecule has 0 aliphatic heterocycles. The van der Waals surface area contributed by atoms with Gasteiger partial charge in [0.2, 0.25) is 0 Å². The second kappa shape index (κ2) is 4.34. The molecule has 1 unspecified atom stereocenters. The first kappa shape index (κ1) is 11.6. The highest BCUT2D eigenvalue weighted by atomic mass is 16.3. The third kappa shape index (κ3) is 2.11. The van der Waals surface area contributed by atoms with Gasteiger partial charge >= 0.3 is 0 Å². The molecule has 3 rings (SSSR count). The number of nitrogens with zero attached hydrogens (tertiary/aromatic N) is 1. The Morgan fingerprint density at radius 1 is 1.22 bits per heavy atom. The van der Waals surface area contributed by atoms with Gasteiger partial charge in [-0.25, -0.2) is 0 Å². The number of rotatable bonds is 4. The molecule has 1 saturated carbocycles. The van der Waals surface area contributed by atoms with E-state index in [4.69, 9.17) is 5.73 Å². The number of benzene rings is 1. The average Bonchev–Trinajstić information content (AvgIpc) is 3.23. The lowest BCUT2D eigenvalue weighted by molar-refractivity contribution is 0.0259.